The molecule has 0 aromatic heterocycles. The summed E-state index contributed by atoms with van der Waals surface area (Å²) in [6.45, 7) is 2.29. The van der Waals surface area contributed by atoms with Gasteiger partial charge >= 0.3 is 0 Å². The first-order valence-electron chi connectivity index (χ1n) is 4.97. The van der Waals surface area contributed by atoms with Crippen molar-refractivity contribution in [3.63, 3.8) is 0 Å². The van der Waals surface area contributed by atoms with Crippen molar-refractivity contribution in [1.29, 1.82) is 0 Å². The van der Waals surface area contributed by atoms with Crippen molar-refractivity contribution in [1.82, 2.24) is 5.32 Å². The summed E-state index contributed by atoms with van der Waals surface area (Å²) in [5.74, 6) is 4.55. The molecule has 0 aliphatic carbocycles. The Bertz CT molecular complexity index is 407. The lowest BCUT2D eigenvalue weighted by atomic mass is 10.1. The minimum Gasteiger partial charge on any atom is -0.329 e. The molecule has 0 saturated heterocycles. The third-order valence-corrected chi connectivity index (χ3v) is 2.18. The van der Waals surface area contributed by atoms with E-state index in [0.29, 0.717) is 6.54 Å². The summed E-state index contributed by atoms with van der Waals surface area (Å²) < 4.78 is 26.4. The number of nitrogens with one attached hydrogen (secondary N) is 1. The quantitative estimate of drug-likeness (QED) is 0.762. The van der Waals surface area contributed by atoms with Crippen molar-refractivity contribution >= 4 is 0 Å². The Hall–Kier alpha value is -1.44. The second-order valence-corrected chi connectivity index (χ2v) is 3.26. The molecule has 0 bridgehead atoms. The molecular formula is C12H14F2N2. The van der Waals surface area contributed by atoms with Gasteiger partial charge in [0.2, 0.25) is 0 Å². The molecule has 0 aliphatic rings. The summed E-state index contributed by atoms with van der Waals surface area (Å²) in [6, 6.07) is 2.91. The molecule has 1 aromatic carbocycles. The molecule has 4 heteroatoms. The van der Waals surface area contributed by atoms with E-state index in [-0.39, 0.29) is 12.1 Å². The standard InChI is InChI=1S/C12H14F2N2/c1-2-3-6-16-12(8-15)10-7-9(13)4-5-11(10)14/h4-5,7,12,16H,6,8,15H2,1H3. The Morgan fingerprint density at radius 2 is 2.19 bits per heavy atom. The minimum absolute atomic E-state index is 0.186. The van der Waals surface area contributed by atoms with Crippen LogP contribution in [0.5, 0.6) is 0 Å². The zero-order valence-electron chi connectivity index (χ0n) is 9.06. The average molecular weight is 224 g/mol. The second-order valence-electron chi connectivity index (χ2n) is 3.26. The van der Waals surface area contributed by atoms with E-state index in [1.165, 1.54) is 0 Å². The Morgan fingerprint density at radius 1 is 1.44 bits per heavy atom. The highest BCUT2D eigenvalue weighted by Crippen LogP contribution is 2.17. The number of halogens is 2. The molecule has 1 atom stereocenters. The van der Waals surface area contributed by atoms with E-state index in [0.717, 1.165) is 18.2 Å². The van der Waals surface area contributed by atoms with Crippen LogP contribution in [0.4, 0.5) is 8.78 Å². The van der Waals surface area contributed by atoms with Crippen molar-refractivity contribution in [2.75, 3.05) is 13.1 Å². The first-order chi connectivity index (χ1) is 7.69. The lowest BCUT2D eigenvalue weighted by Crippen LogP contribution is -2.29. The van der Waals surface area contributed by atoms with Gasteiger partial charge in [-0.3, -0.25) is 5.32 Å². The van der Waals surface area contributed by atoms with E-state index in [2.05, 4.69) is 17.2 Å². The Labute approximate surface area is 93.8 Å². The predicted octanol–water partition coefficient (Wildman–Crippen LogP) is 1.58. The molecular weight excluding hydrogens is 210 g/mol. The van der Waals surface area contributed by atoms with Crippen LogP contribution in [0.2, 0.25) is 0 Å². The molecule has 0 amide bonds. The highest BCUT2D eigenvalue weighted by Gasteiger charge is 2.13. The van der Waals surface area contributed by atoms with Gasteiger partial charge in [0, 0.05) is 18.2 Å². The zero-order chi connectivity index (χ0) is 12.0. The largest absolute Gasteiger partial charge is 0.329 e. The molecule has 1 aromatic rings. The van der Waals surface area contributed by atoms with Crippen LogP contribution in [0.1, 0.15) is 18.5 Å². The van der Waals surface area contributed by atoms with Gasteiger partial charge in [0.05, 0.1) is 6.54 Å². The first kappa shape index (κ1) is 12.6. The molecule has 0 fully saturated rings. The summed E-state index contributed by atoms with van der Waals surface area (Å²) in [6.07, 6.45) is 0. The van der Waals surface area contributed by atoms with Crippen molar-refractivity contribution in [2.45, 2.75) is 13.0 Å². The van der Waals surface area contributed by atoms with Gasteiger partial charge in [-0.05, 0) is 25.1 Å². The number of rotatable bonds is 4. The van der Waals surface area contributed by atoms with E-state index in [1.807, 2.05) is 0 Å². The monoisotopic (exact) mass is 224 g/mol. The van der Waals surface area contributed by atoms with Gasteiger partial charge in [-0.25, -0.2) is 8.78 Å². The van der Waals surface area contributed by atoms with Crippen LogP contribution in [0.3, 0.4) is 0 Å². The van der Waals surface area contributed by atoms with Crippen molar-refractivity contribution in [2.24, 2.45) is 5.73 Å². The van der Waals surface area contributed by atoms with Crippen molar-refractivity contribution in [3.8, 4) is 11.8 Å². The third kappa shape index (κ3) is 3.30. The number of benzene rings is 1. The van der Waals surface area contributed by atoms with Gasteiger partial charge in [-0.1, -0.05) is 5.92 Å². The average Bonchev–Trinajstić information content (AvgIpc) is 2.28. The lowest BCUT2D eigenvalue weighted by Gasteiger charge is -2.16. The molecule has 0 aliphatic heterocycles. The summed E-state index contributed by atoms with van der Waals surface area (Å²) in [5, 5.41) is 2.95. The van der Waals surface area contributed by atoms with E-state index < -0.39 is 17.7 Å². The van der Waals surface area contributed by atoms with Crippen LogP contribution >= 0.6 is 0 Å². The number of hydrogen-bond donors (Lipinski definition) is 2. The molecule has 86 valence electrons. The molecule has 3 N–H and O–H groups in total. The number of hydrogen-bond acceptors (Lipinski definition) is 2. The SMILES string of the molecule is CC#CCNC(CN)c1cc(F)ccc1F. The predicted molar refractivity (Wildman–Crippen MR) is 59.6 cm³/mol. The van der Waals surface area contributed by atoms with Gasteiger partial charge in [-0.2, -0.15) is 0 Å². The van der Waals surface area contributed by atoms with E-state index >= 15 is 0 Å². The lowest BCUT2D eigenvalue weighted by molar-refractivity contribution is 0.520. The smallest absolute Gasteiger partial charge is 0.128 e. The van der Waals surface area contributed by atoms with E-state index in [1.54, 1.807) is 6.92 Å². The summed E-state index contributed by atoms with van der Waals surface area (Å²) in [7, 11) is 0. The van der Waals surface area contributed by atoms with Gasteiger partial charge in [0.25, 0.3) is 0 Å². The summed E-state index contributed by atoms with van der Waals surface area (Å²) in [5.41, 5.74) is 5.74. The fraction of sp³-hybridized carbons (Fsp3) is 0.333. The second kappa shape index (κ2) is 6.21. The van der Waals surface area contributed by atoms with Crippen LogP contribution in [-0.4, -0.2) is 13.1 Å². The van der Waals surface area contributed by atoms with E-state index in [4.69, 9.17) is 5.73 Å². The van der Waals surface area contributed by atoms with Crippen molar-refractivity contribution < 1.29 is 8.78 Å². The fourth-order valence-electron chi connectivity index (χ4n) is 1.36. The highest BCUT2D eigenvalue weighted by molar-refractivity contribution is 5.23. The van der Waals surface area contributed by atoms with Gasteiger partial charge < -0.3 is 5.73 Å². The van der Waals surface area contributed by atoms with Crippen LogP contribution < -0.4 is 11.1 Å². The molecule has 0 saturated carbocycles. The molecule has 16 heavy (non-hydrogen) atoms. The molecule has 1 rings (SSSR count). The molecule has 1 unspecified atom stereocenters. The summed E-state index contributed by atoms with van der Waals surface area (Å²) >= 11 is 0. The van der Waals surface area contributed by atoms with Crippen molar-refractivity contribution in [3.05, 3.63) is 35.4 Å². The van der Waals surface area contributed by atoms with Gasteiger partial charge in [0.15, 0.2) is 0 Å². The van der Waals surface area contributed by atoms with Crippen LogP contribution in [-0.2, 0) is 0 Å². The molecule has 0 heterocycles. The Kier molecular flexibility index (Phi) is 4.90. The maximum absolute atomic E-state index is 13.4. The maximum atomic E-state index is 13.4. The minimum atomic E-state index is -0.474. The normalized spacial score (nSPS) is 11.8. The Morgan fingerprint density at radius 3 is 2.81 bits per heavy atom. The molecule has 0 spiro atoms. The maximum Gasteiger partial charge on any atom is 0.128 e. The van der Waals surface area contributed by atoms with Crippen LogP contribution in [0.15, 0.2) is 18.2 Å². The molecule has 2 nitrogen and oxygen atoms in total. The Balaban J connectivity index is 2.84. The number of nitrogens with two attached hydrogens (primary N) is 1. The fourth-order valence-corrected chi connectivity index (χ4v) is 1.36. The molecule has 0 radical (unpaired) electrons. The van der Waals surface area contributed by atoms with Crippen LogP contribution in [0.25, 0.3) is 0 Å². The van der Waals surface area contributed by atoms with Gasteiger partial charge in [0.1, 0.15) is 11.6 Å². The van der Waals surface area contributed by atoms with Gasteiger partial charge in [-0.15, -0.1) is 5.92 Å². The highest BCUT2D eigenvalue weighted by atomic mass is 19.1. The topological polar surface area (TPSA) is 38.0 Å². The third-order valence-electron chi connectivity index (χ3n) is 2.18. The van der Waals surface area contributed by atoms with Crippen LogP contribution in [0, 0.1) is 23.5 Å². The first-order valence-corrected chi connectivity index (χ1v) is 4.97. The zero-order valence-corrected chi connectivity index (χ0v) is 9.06. The van der Waals surface area contributed by atoms with E-state index in [9.17, 15) is 8.78 Å². The summed E-state index contributed by atoms with van der Waals surface area (Å²) in [4.78, 5) is 0.